The molecule has 0 saturated carbocycles. The third kappa shape index (κ3) is 6.78. The number of methoxy groups -OCH3 is 1. The lowest BCUT2D eigenvalue weighted by atomic mass is 10.1. The predicted octanol–water partition coefficient (Wildman–Crippen LogP) is 7.05. The van der Waals surface area contributed by atoms with E-state index in [-0.39, 0.29) is 35.8 Å². The van der Waals surface area contributed by atoms with Gasteiger partial charge < -0.3 is 19.5 Å². The second-order valence-corrected chi connectivity index (χ2v) is 11.2. The number of thioether (sulfide) groups is 1. The van der Waals surface area contributed by atoms with Crippen molar-refractivity contribution in [3.8, 4) is 17.2 Å². The molecule has 0 unspecified atom stereocenters. The Kier molecular flexibility index (Phi) is 9.14. The van der Waals surface area contributed by atoms with Gasteiger partial charge in [0.05, 0.1) is 23.0 Å². The van der Waals surface area contributed by atoms with E-state index < -0.39 is 5.91 Å². The van der Waals surface area contributed by atoms with E-state index in [1.807, 2.05) is 67.6 Å². The standard InChI is InChI=1S/C32H27BrN2O6S/c1-20-7-5-10-23(15-20)34-29(36)19-41-30-25(33)16-21(17-27(30)39-2)18-28-31(37)35(32(38)42-28)13-14-40-26-12-6-9-22-8-3-4-11-24(22)26/h3-12,15-18H,13-14,19H2,1-2H3,(H,34,36)/b28-18-. The number of anilines is 1. The minimum Gasteiger partial charge on any atom is -0.493 e. The van der Waals surface area contributed by atoms with Gasteiger partial charge in [0.1, 0.15) is 12.4 Å². The lowest BCUT2D eigenvalue weighted by molar-refractivity contribution is -0.123. The minimum absolute atomic E-state index is 0.121. The van der Waals surface area contributed by atoms with Gasteiger partial charge in [-0.1, -0.05) is 48.5 Å². The number of halogens is 1. The third-order valence-corrected chi connectivity index (χ3v) is 7.89. The summed E-state index contributed by atoms with van der Waals surface area (Å²) in [5.41, 5.74) is 2.33. The number of hydrogen-bond donors (Lipinski definition) is 1. The van der Waals surface area contributed by atoms with Crippen LogP contribution in [0.1, 0.15) is 11.1 Å². The van der Waals surface area contributed by atoms with Crippen LogP contribution in [0.15, 0.2) is 88.2 Å². The zero-order valence-corrected chi connectivity index (χ0v) is 25.3. The Balaban J connectivity index is 1.22. The fourth-order valence-corrected chi connectivity index (χ4v) is 5.87. The molecule has 1 aliphatic heterocycles. The zero-order chi connectivity index (χ0) is 29.6. The molecule has 1 saturated heterocycles. The molecule has 5 rings (SSSR count). The van der Waals surface area contributed by atoms with E-state index in [0.29, 0.717) is 33.0 Å². The predicted molar refractivity (Wildman–Crippen MR) is 168 cm³/mol. The summed E-state index contributed by atoms with van der Waals surface area (Å²) in [4.78, 5) is 39.6. The molecule has 4 aromatic rings. The lowest BCUT2D eigenvalue weighted by Gasteiger charge is -2.14. The molecule has 10 heteroatoms. The summed E-state index contributed by atoms with van der Waals surface area (Å²) < 4.78 is 17.7. The van der Waals surface area contributed by atoms with Crippen LogP contribution in [-0.4, -0.2) is 48.8 Å². The second-order valence-electron chi connectivity index (χ2n) is 9.40. The molecule has 0 aromatic heterocycles. The molecule has 0 atom stereocenters. The quantitative estimate of drug-likeness (QED) is 0.184. The molecule has 4 aromatic carbocycles. The number of imide groups is 1. The highest BCUT2D eigenvalue weighted by molar-refractivity contribution is 9.10. The molecule has 1 aliphatic rings. The maximum atomic E-state index is 13.1. The van der Waals surface area contributed by atoms with Crippen LogP contribution in [0, 0.1) is 6.92 Å². The van der Waals surface area contributed by atoms with Gasteiger partial charge in [-0.2, -0.15) is 0 Å². The SMILES string of the molecule is COc1cc(/C=C2\SC(=O)N(CCOc3cccc4ccccc34)C2=O)cc(Br)c1OCC(=O)Nc1cccc(C)c1. The summed E-state index contributed by atoms with van der Waals surface area (Å²) in [5, 5.41) is 4.45. The number of fused-ring (bicyclic) bond motifs is 1. The second kappa shape index (κ2) is 13.1. The van der Waals surface area contributed by atoms with Crippen LogP contribution in [0.5, 0.6) is 17.2 Å². The van der Waals surface area contributed by atoms with E-state index in [0.717, 1.165) is 28.1 Å². The van der Waals surface area contributed by atoms with E-state index in [4.69, 9.17) is 14.2 Å². The van der Waals surface area contributed by atoms with Crippen LogP contribution >= 0.6 is 27.7 Å². The average Bonchev–Trinajstić information content (AvgIpc) is 3.23. The molecule has 0 aliphatic carbocycles. The van der Waals surface area contributed by atoms with Crippen molar-refractivity contribution in [2.75, 3.05) is 32.2 Å². The van der Waals surface area contributed by atoms with Crippen molar-refractivity contribution >= 4 is 67.3 Å². The number of carbonyl (C=O) groups excluding carboxylic acids is 3. The minimum atomic E-state index is -0.394. The van der Waals surface area contributed by atoms with Gasteiger partial charge in [-0.3, -0.25) is 19.3 Å². The van der Waals surface area contributed by atoms with E-state index in [1.165, 1.54) is 12.0 Å². The summed E-state index contributed by atoms with van der Waals surface area (Å²) in [6.07, 6.45) is 1.62. The van der Waals surface area contributed by atoms with E-state index in [9.17, 15) is 14.4 Å². The molecule has 8 nitrogen and oxygen atoms in total. The highest BCUT2D eigenvalue weighted by Gasteiger charge is 2.35. The lowest BCUT2D eigenvalue weighted by Crippen LogP contribution is -2.32. The largest absolute Gasteiger partial charge is 0.493 e. The summed E-state index contributed by atoms with van der Waals surface area (Å²) in [6.45, 7) is 2.00. The fraction of sp³-hybridized carbons (Fsp3) is 0.156. The van der Waals surface area contributed by atoms with Crippen LogP contribution < -0.4 is 19.5 Å². The fourth-order valence-electron chi connectivity index (χ4n) is 4.43. The Morgan fingerprint density at radius 2 is 1.76 bits per heavy atom. The Labute approximate surface area is 255 Å². The highest BCUT2D eigenvalue weighted by atomic mass is 79.9. The van der Waals surface area contributed by atoms with Gasteiger partial charge in [0.25, 0.3) is 17.1 Å². The van der Waals surface area contributed by atoms with Crippen molar-refractivity contribution in [1.29, 1.82) is 0 Å². The molecule has 1 heterocycles. The Hall–Kier alpha value is -4.28. The third-order valence-electron chi connectivity index (χ3n) is 6.39. The van der Waals surface area contributed by atoms with Crippen molar-refractivity contribution in [2.45, 2.75) is 6.92 Å². The summed E-state index contributed by atoms with van der Waals surface area (Å²) in [6, 6.07) is 24.5. The van der Waals surface area contributed by atoms with Crippen LogP contribution in [0.25, 0.3) is 16.8 Å². The first-order valence-electron chi connectivity index (χ1n) is 13.0. The molecule has 214 valence electrons. The molecule has 1 fully saturated rings. The number of nitrogens with one attached hydrogen (secondary N) is 1. The first-order chi connectivity index (χ1) is 20.3. The van der Waals surface area contributed by atoms with Gasteiger partial charge in [-0.05, 0) is 87.5 Å². The molecule has 1 N–H and O–H groups in total. The van der Waals surface area contributed by atoms with Gasteiger partial charge in [0, 0.05) is 11.1 Å². The highest BCUT2D eigenvalue weighted by Crippen LogP contribution is 2.39. The molecular formula is C32H27BrN2O6S. The van der Waals surface area contributed by atoms with Crippen LogP contribution in [0.2, 0.25) is 0 Å². The number of ether oxygens (including phenoxy) is 3. The normalized spacial score (nSPS) is 14.0. The maximum Gasteiger partial charge on any atom is 0.293 e. The molecule has 42 heavy (non-hydrogen) atoms. The first-order valence-corrected chi connectivity index (χ1v) is 14.7. The van der Waals surface area contributed by atoms with Crippen molar-refractivity contribution in [1.82, 2.24) is 4.90 Å². The molecule has 3 amide bonds. The van der Waals surface area contributed by atoms with Gasteiger partial charge in [-0.25, -0.2) is 0 Å². The Morgan fingerprint density at radius 3 is 2.57 bits per heavy atom. The van der Waals surface area contributed by atoms with Crippen molar-refractivity contribution < 1.29 is 28.6 Å². The number of carbonyl (C=O) groups is 3. The van der Waals surface area contributed by atoms with Crippen molar-refractivity contribution in [2.24, 2.45) is 0 Å². The summed E-state index contributed by atoms with van der Waals surface area (Å²) in [5.74, 6) is 0.684. The van der Waals surface area contributed by atoms with E-state index in [2.05, 4.69) is 21.2 Å². The Morgan fingerprint density at radius 1 is 0.976 bits per heavy atom. The monoisotopic (exact) mass is 646 g/mol. The number of benzene rings is 4. The number of aryl methyl sites for hydroxylation is 1. The van der Waals surface area contributed by atoms with Gasteiger partial charge in [-0.15, -0.1) is 0 Å². The number of rotatable bonds is 10. The van der Waals surface area contributed by atoms with Crippen LogP contribution in [-0.2, 0) is 9.59 Å². The first kappa shape index (κ1) is 29.2. The van der Waals surface area contributed by atoms with Gasteiger partial charge in [0.2, 0.25) is 0 Å². The van der Waals surface area contributed by atoms with Crippen molar-refractivity contribution in [3.05, 3.63) is 99.4 Å². The number of hydrogen-bond acceptors (Lipinski definition) is 7. The summed E-state index contributed by atoms with van der Waals surface area (Å²) >= 11 is 4.34. The van der Waals surface area contributed by atoms with Gasteiger partial charge >= 0.3 is 0 Å². The van der Waals surface area contributed by atoms with Crippen LogP contribution in [0.4, 0.5) is 10.5 Å². The molecular weight excluding hydrogens is 620 g/mol. The molecule has 0 spiro atoms. The summed E-state index contributed by atoms with van der Waals surface area (Å²) in [7, 11) is 1.48. The maximum absolute atomic E-state index is 13.1. The zero-order valence-electron chi connectivity index (χ0n) is 22.9. The van der Waals surface area contributed by atoms with Crippen molar-refractivity contribution in [3.63, 3.8) is 0 Å². The Bertz CT molecular complexity index is 1700. The van der Waals surface area contributed by atoms with E-state index in [1.54, 1.807) is 24.3 Å². The van der Waals surface area contributed by atoms with Crippen LogP contribution in [0.3, 0.4) is 0 Å². The van der Waals surface area contributed by atoms with Gasteiger partial charge in [0.15, 0.2) is 18.1 Å². The smallest absolute Gasteiger partial charge is 0.293 e. The molecule has 0 radical (unpaired) electrons. The average molecular weight is 648 g/mol. The van der Waals surface area contributed by atoms with E-state index >= 15 is 0 Å². The molecule has 0 bridgehead atoms. The topological polar surface area (TPSA) is 94.2 Å². The number of amides is 3. The number of nitrogens with zero attached hydrogens (tertiary/aromatic N) is 1.